The lowest BCUT2D eigenvalue weighted by Crippen LogP contribution is -2.23. The number of thiocarbonyl (C=S) groups is 1. The van der Waals surface area contributed by atoms with Crippen LogP contribution in [0, 0.1) is 19.8 Å². The lowest BCUT2D eigenvalue weighted by Gasteiger charge is -1.96. The fourth-order valence-corrected chi connectivity index (χ4v) is 7.16. The van der Waals surface area contributed by atoms with Gasteiger partial charge in [0.1, 0.15) is 33.8 Å². The Morgan fingerprint density at radius 3 is 1.57 bits per heavy atom. The van der Waals surface area contributed by atoms with Crippen LogP contribution in [0.1, 0.15) is 67.0 Å². The Kier molecular flexibility index (Phi) is 31.3. The third-order valence-electron chi connectivity index (χ3n) is 8.97. The Morgan fingerprint density at radius 2 is 1.43 bits per heavy atom. The summed E-state index contributed by atoms with van der Waals surface area (Å²) in [6.45, 7) is 39.3. The molecule has 6 atom stereocenters. The van der Waals surface area contributed by atoms with E-state index in [0.29, 0.717) is 46.0 Å². The Hall–Kier alpha value is -9.24. The molecule has 0 saturated carbocycles. The molecule has 11 heterocycles. The number of ether oxygens (including phenoxy) is 3. The van der Waals surface area contributed by atoms with Crippen LogP contribution < -0.4 is 54.7 Å². The maximum absolute atomic E-state index is 10.5. The van der Waals surface area contributed by atoms with Gasteiger partial charge in [-0.25, -0.2) is 44.1 Å². The minimum absolute atomic E-state index is 0.0162. The molecule has 0 aliphatic carbocycles. The first-order valence-corrected chi connectivity index (χ1v) is 26.6. The molecule has 0 aromatic carbocycles. The number of thioether (sulfide) groups is 2. The number of aliphatic hydroxyl groups excluding tert-OH is 2. The molecule has 11 rings (SSSR count). The molecule has 6 unspecified atom stereocenters. The Labute approximate surface area is 488 Å². The largest absolute Gasteiger partial charge is 0.505 e. The van der Waals surface area contributed by atoms with E-state index in [4.69, 9.17) is 27.2 Å². The number of urea groups is 1. The number of oxime groups is 1. The van der Waals surface area contributed by atoms with Crippen LogP contribution in [0.15, 0.2) is 124 Å². The Bertz CT molecular complexity index is 2990. The average molecular weight is 1250 g/mol. The molecular weight excluding hydrogens is 1180 g/mol. The van der Waals surface area contributed by atoms with Gasteiger partial charge >= 0.3 is 41.2 Å². The molecule has 39 heteroatoms. The van der Waals surface area contributed by atoms with E-state index in [0.717, 1.165) is 37.7 Å². The van der Waals surface area contributed by atoms with Crippen molar-refractivity contribution in [2.24, 2.45) is 28.2 Å². The summed E-state index contributed by atoms with van der Waals surface area (Å²) in [5, 5.41) is 54.2. The summed E-state index contributed by atoms with van der Waals surface area (Å²) in [5.41, 5.74) is 8.56. The maximum Gasteiger partial charge on any atom is 0.440 e. The number of cyclic esters (lactones) is 2. The first-order valence-electron chi connectivity index (χ1n) is 23.2. The van der Waals surface area contributed by atoms with Crippen LogP contribution in [0.3, 0.4) is 0 Å². The third kappa shape index (κ3) is 30.2. The van der Waals surface area contributed by atoms with Gasteiger partial charge in [0.2, 0.25) is 28.7 Å². The van der Waals surface area contributed by atoms with Gasteiger partial charge in [0.15, 0.2) is 11.6 Å². The van der Waals surface area contributed by atoms with Crippen molar-refractivity contribution in [3.8, 4) is 0 Å². The summed E-state index contributed by atoms with van der Waals surface area (Å²) in [6, 6.07) is -0.0648. The zero-order chi connectivity index (χ0) is 63.3. The molecule has 8 aliphatic heterocycles. The molecule has 4 saturated heterocycles. The highest BCUT2D eigenvalue weighted by molar-refractivity contribution is 8.23. The second kappa shape index (κ2) is 36.2. The summed E-state index contributed by atoms with van der Waals surface area (Å²) in [5.74, 6) is 0.322. The number of aliphatic hydroxyl groups is 2. The third-order valence-corrected chi connectivity index (χ3v) is 12.2. The highest BCUT2D eigenvalue weighted by atomic mass is 32.2. The molecule has 4 amide bonds. The van der Waals surface area contributed by atoms with Gasteiger partial charge < -0.3 is 55.1 Å². The number of aromatic nitrogens is 8. The minimum Gasteiger partial charge on any atom is -0.505 e. The number of nitrogens with one attached hydrogen (secondary N) is 10. The van der Waals surface area contributed by atoms with Crippen molar-refractivity contribution in [1.82, 2.24) is 78.0 Å². The maximum atomic E-state index is 10.5. The lowest BCUT2D eigenvalue weighted by molar-refractivity contribution is -0.142. The van der Waals surface area contributed by atoms with Crippen LogP contribution in [0.25, 0.3) is 0 Å². The van der Waals surface area contributed by atoms with Crippen LogP contribution >= 0.6 is 35.7 Å². The number of H-pyrrole nitrogens is 3. The predicted molar refractivity (Wildman–Crippen MR) is 308 cm³/mol. The van der Waals surface area contributed by atoms with Gasteiger partial charge in [-0.05, 0) is 75.5 Å². The number of carbonyl (C=O) groups excluding carboxylic acids is 4. The first kappa shape index (κ1) is 71.8. The summed E-state index contributed by atoms with van der Waals surface area (Å²) < 4.78 is 38.1. The van der Waals surface area contributed by atoms with Crippen LogP contribution in [-0.4, -0.2) is 128 Å². The molecule has 83 heavy (non-hydrogen) atoms. The van der Waals surface area contributed by atoms with E-state index in [1.54, 1.807) is 53.3 Å². The van der Waals surface area contributed by atoms with Crippen LogP contribution in [0.5, 0.6) is 0 Å². The van der Waals surface area contributed by atoms with Crippen LogP contribution in [0.4, 0.5) is 14.4 Å². The van der Waals surface area contributed by atoms with Gasteiger partial charge in [0, 0.05) is 29.3 Å². The number of hydrogen-bond donors (Lipinski definition) is 12. The zero-order valence-corrected chi connectivity index (χ0v) is 49.8. The fourth-order valence-electron chi connectivity index (χ4n) is 4.52. The molecule has 8 aliphatic rings. The monoisotopic (exact) mass is 1240 g/mol. The van der Waals surface area contributed by atoms with E-state index in [9.17, 15) is 37.8 Å². The lowest BCUT2D eigenvalue weighted by atomic mass is 10.2. The number of aryl methyl sites for hydroxylation is 3. The zero-order valence-electron chi connectivity index (χ0n) is 46.6. The molecular formula is C44H64N18O17S4. The molecule has 0 radical (unpaired) electrons. The van der Waals surface area contributed by atoms with Crippen LogP contribution in [-0.2, 0) is 46.3 Å². The first-order chi connectivity index (χ1) is 38.7. The number of esters is 1. The van der Waals surface area contributed by atoms with E-state index in [1.165, 1.54) is 25.7 Å². The quantitative estimate of drug-likeness (QED) is 0.114. The number of amides is 4. The van der Waals surface area contributed by atoms with Crippen molar-refractivity contribution in [1.29, 1.82) is 0 Å². The standard InChI is InChI=1S/C5H8N2O.C5H7NO2.C5H7NOS.C5H7NS2.C5H6O4.2C4H6N2O.C3H4N2O3.C3H4N2O2.C3H5NO2S.C2H4N4/c1-3-4(2)7-5(8)6-3;3*1-3-4(2)8-5(7)6-3;1-2-3(6)5(8)9-4(2)7;1-3-5-6-4(2)7-3;1-3-5-4(2)7-6-3;1-5-2(6)4-3(7)8-5;1-2-4-3(6)7-5-2;1-3-2-7(5)6-4-3;1-2-3-5-6-4-2/h4H,1H2,2H3,(H2,6,7,8);3*4H,1H2,2H3,(H,6,7);2,6,8H,1H3;5H,1H2,2H3;2H2,1H3,(H,5,6);1H3,(H,4,6,7);1H3,(H,4,5,6);2H2,1H3;1H3,(H,3,4,5,6). The molecule has 12 N–H and O–H groups in total. The number of hydroxylamine groups is 1. The number of hydrogen-bond acceptors (Lipinski definition) is 29. The molecule has 3 aromatic heterocycles. The van der Waals surface area contributed by atoms with Crippen molar-refractivity contribution in [2.75, 3.05) is 5.75 Å². The smallest absolute Gasteiger partial charge is 0.440 e. The van der Waals surface area contributed by atoms with Gasteiger partial charge in [-0.3, -0.25) is 28.7 Å². The molecule has 0 spiro atoms. The van der Waals surface area contributed by atoms with Crippen molar-refractivity contribution < 1.29 is 66.0 Å². The van der Waals surface area contributed by atoms with Crippen LogP contribution in [0.2, 0.25) is 0 Å². The molecule has 3 aromatic rings. The summed E-state index contributed by atoms with van der Waals surface area (Å²) in [7, 11) is 1.35. The number of aromatic amines is 3. The highest BCUT2D eigenvalue weighted by Crippen LogP contribution is 2.24. The second-order valence-electron chi connectivity index (χ2n) is 16.1. The van der Waals surface area contributed by atoms with Gasteiger partial charge in [-0.1, -0.05) is 77.6 Å². The normalized spacial score (nSPS) is 21.5. The minimum atomic E-state index is -1.16. The summed E-state index contributed by atoms with van der Waals surface area (Å²) >= 11 is 6.64. The van der Waals surface area contributed by atoms with Crippen molar-refractivity contribution in [2.45, 2.75) is 91.9 Å². The molecule has 456 valence electrons. The van der Waals surface area contributed by atoms with Gasteiger partial charge in [-0.15, -0.1) is 15.3 Å². The molecule has 4 fully saturated rings. The Balaban J connectivity index is 0.000000457. The summed E-state index contributed by atoms with van der Waals surface area (Å²) in [4.78, 5) is 84.4. The molecule has 0 bridgehead atoms. The fraction of sp³-hybridized carbons (Fsp3) is 0.386. The van der Waals surface area contributed by atoms with Crippen molar-refractivity contribution in [3.63, 3.8) is 0 Å². The number of hydrazone groups is 1. The highest BCUT2D eigenvalue weighted by Gasteiger charge is 2.32. The van der Waals surface area contributed by atoms with Gasteiger partial charge in [0.05, 0.1) is 29.7 Å². The summed E-state index contributed by atoms with van der Waals surface area (Å²) in [6.07, 6.45) is -0.565. The Morgan fingerprint density at radius 1 is 0.795 bits per heavy atom. The number of rotatable bonds is 0. The SMILES string of the molecule is C=C1N=C(C)NO1.C=C1NC(=O)NC1C.C=C1NC(=O)OC1C.C=C1NC(=O)SC1C.C=C1NC(=S)SC1C.C=C1NN=C(C)O1.CC1=NOS(=O)C1.CC1C(=O)OC(O)=C1O.Cc1nn[nH]n1.Cc1noc(=O)[nH]1.Cn1oc(=O)[nH]c1=O. The number of amidine groups is 1. The number of tetrazole rings is 1. The van der Waals surface area contributed by atoms with E-state index < -0.39 is 52.2 Å². The van der Waals surface area contributed by atoms with Crippen molar-refractivity contribution >= 4 is 91.9 Å². The van der Waals surface area contributed by atoms with Gasteiger partial charge in [-0.2, -0.15) is 14.9 Å². The molecule has 35 nitrogen and oxygen atoms in total. The number of alkyl carbamates (subject to hydrolysis) is 1. The van der Waals surface area contributed by atoms with Gasteiger partial charge in [0.25, 0.3) is 5.24 Å². The van der Waals surface area contributed by atoms with Crippen molar-refractivity contribution in [3.05, 3.63) is 129 Å². The van der Waals surface area contributed by atoms with E-state index in [2.05, 4.69) is 158 Å². The number of carbonyl (C=O) groups is 4. The van der Waals surface area contributed by atoms with E-state index in [1.807, 2.05) is 18.8 Å². The van der Waals surface area contributed by atoms with E-state index >= 15 is 0 Å². The topological polar surface area (TPSA) is 475 Å². The predicted octanol–water partition coefficient (Wildman–Crippen LogP) is 2.87. The number of aliphatic imine (C=N–C) groups is 1. The van der Waals surface area contributed by atoms with E-state index in [-0.39, 0.29) is 34.4 Å². The second-order valence-corrected chi connectivity index (χ2v) is 20.5. The number of nitrogens with zero attached hydrogens (tertiary/aromatic N) is 8. The average Bonchev–Trinajstić information content (AvgIpc) is 4.36.